The van der Waals surface area contributed by atoms with Gasteiger partial charge in [-0.05, 0) is 40.5 Å². The molecule has 90 valence electrons. The average Bonchev–Trinajstić information content (AvgIpc) is 2.16. The molecule has 1 atom stereocenters. The lowest BCUT2D eigenvalue weighted by molar-refractivity contribution is 0.103. The molecule has 1 N–H and O–H groups in total. The van der Waals surface area contributed by atoms with Crippen molar-refractivity contribution >= 4 is 0 Å². The molecule has 0 spiro atoms. The van der Waals surface area contributed by atoms with E-state index in [-0.39, 0.29) is 0 Å². The molecule has 0 aliphatic heterocycles. The Labute approximate surface area is 99.9 Å². The molecule has 0 rings (SSSR count). The Morgan fingerprint density at radius 3 is 2.44 bits per heavy atom. The summed E-state index contributed by atoms with van der Waals surface area (Å²) in [5.74, 6) is 0. The molecule has 0 radical (unpaired) electrons. The first-order chi connectivity index (χ1) is 7.37. The minimum absolute atomic E-state index is 0.732. The standard InChI is InChI=1S/C15H24O/c1-6-14(4)10-8-12-15(5,16)11-7-9-13(2)3/h6,8-10,12,16H,1,7,11H2,2-5H3/b12-8+,14-10-. The SMILES string of the molecule is C=C/C(C)=C\C=C\C(C)(O)CCC=C(C)C. The summed E-state index contributed by atoms with van der Waals surface area (Å²) in [6.07, 6.45) is 11.3. The van der Waals surface area contributed by atoms with Gasteiger partial charge in [0.25, 0.3) is 0 Å². The molecular formula is C15H24O. The van der Waals surface area contributed by atoms with Gasteiger partial charge in [-0.25, -0.2) is 0 Å². The Balaban J connectivity index is 4.23. The monoisotopic (exact) mass is 220 g/mol. The van der Waals surface area contributed by atoms with Crippen LogP contribution in [-0.4, -0.2) is 10.7 Å². The molecule has 1 unspecified atom stereocenters. The van der Waals surface area contributed by atoms with Crippen LogP contribution in [0.5, 0.6) is 0 Å². The molecule has 0 aromatic rings. The fraction of sp³-hybridized carbons (Fsp3) is 0.467. The molecule has 0 saturated carbocycles. The second kappa shape index (κ2) is 7.24. The predicted molar refractivity (Wildman–Crippen MR) is 72.4 cm³/mol. The third-order valence-corrected chi connectivity index (χ3v) is 2.34. The van der Waals surface area contributed by atoms with Crippen molar-refractivity contribution in [3.05, 3.63) is 48.1 Å². The summed E-state index contributed by atoms with van der Waals surface area (Å²) in [6.45, 7) is 11.6. The van der Waals surface area contributed by atoms with Crippen molar-refractivity contribution < 1.29 is 5.11 Å². The van der Waals surface area contributed by atoms with Gasteiger partial charge < -0.3 is 5.11 Å². The van der Waals surface area contributed by atoms with Crippen molar-refractivity contribution in [3.8, 4) is 0 Å². The van der Waals surface area contributed by atoms with E-state index in [1.807, 2.05) is 32.1 Å². The van der Waals surface area contributed by atoms with Crippen LogP contribution in [0.4, 0.5) is 0 Å². The van der Waals surface area contributed by atoms with Crippen LogP contribution in [0.2, 0.25) is 0 Å². The molecule has 0 aliphatic rings. The maximum Gasteiger partial charge on any atom is 0.0805 e. The molecule has 16 heavy (non-hydrogen) atoms. The summed E-state index contributed by atoms with van der Waals surface area (Å²) in [6, 6.07) is 0. The van der Waals surface area contributed by atoms with Gasteiger partial charge in [-0.15, -0.1) is 0 Å². The van der Waals surface area contributed by atoms with Crippen LogP contribution in [0.1, 0.15) is 40.5 Å². The first-order valence-electron chi connectivity index (χ1n) is 5.72. The van der Waals surface area contributed by atoms with Crippen molar-refractivity contribution in [2.24, 2.45) is 0 Å². The van der Waals surface area contributed by atoms with E-state index in [0.717, 1.165) is 18.4 Å². The molecule has 1 heteroatoms. The lowest BCUT2D eigenvalue weighted by Gasteiger charge is -2.17. The number of allylic oxidation sites excluding steroid dienone is 6. The third kappa shape index (κ3) is 8.25. The first kappa shape index (κ1) is 14.9. The highest BCUT2D eigenvalue weighted by molar-refractivity contribution is 5.21. The maximum atomic E-state index is 10.0. The summed E-state index contributed by atoms with van der Waals surface area (Å²) in [5, 5.41) is 10.0. The molecule has 0 bridgehead atoms. The van der Waals surface area contributed by atoms with E-state index in [1.165, 1.54) is 5.57 Å². The highest BCUT2D eigenvalue weighted by Crippen LogP contribution is 2.15. The van der Waals surface area contributed by atoms with Gasteiger partial charge in [-0.2, -0.15) is 0 Å². The Bertz CT molecular complexity index is 299. The Kier molecular flexibility index (Phi) is 6.75. The lowest BCUT2D eigenvalue weighted by Crippen LogP contribution is -2.19. The van der Waals surface area contributed by atoms with Crippen LogP contribution in [0.3, 0.4) is 0 Å². The molecule has 0 amide bonds. The van der Waals surface area contributed by atoms with Crippen LogP contribution in [0.15, 0.2) is 48.1 Å². The molecular weight excluding hydrogens is 196 g/mol. The van der Waals surface area contributed by atoms with Gasteiger partial charge in [0.2, 0.25) is 0 Å². The zero-order valence-corrected chi connectivity index (χ0v) is 11.0. The summed E-state index contributed by atoms with van der Waals surface area (Å²) >= 11 is 0. The van der Waals surface area contributed by atoms with E-state index in [4.69, 9.17) is 0 Å². The van der Waals surface area contributed by atoms with Crippen LogP contribution < -0.4 is 0 Å². The highest BCUT2D eigenvalue weighted by Gasteiger charge is 2.13. The number of hydrogen-bond donors (Lipinski definition) is 1. The summed E-state index contributed by atoms with van der Waals surface area (Å²) < 4.78 is 0. The van der Waals surface area contributed by atoms with Crippen LogP contribution in [0, 0.1) is 0 Å². The van der Waals surface area contributed by atoms with E-state index in [2.05, 4.69) is 26.5 Å². The number of rotatable bonds is 6. The van der Waals surface area contributed by atoms with Gasteiger partial charge in [0, 0.05) is 0 Å². The molecule has 0 heterocycles. The molecule has 0 fully saturated rings. The van der Waals surface area contributed by atoms with E-state index in [0.29, 0.717) is 0 Å². The third-order valence-electron chi connectivity index (χ3n) is 2.34. The predicted octanol–water partition coefficient (Wildman–Crippen LogP) is 4.17. The molecule has 1 nitrogen and oxygen atoms in total. The van der Waals surface area contributed by atoms with E-state index in [9.17, 15) is 5.11 Å². The van der Waals surface area contributed by atoms with Gasteiger partial charge in [-0.1, -0.05) is 48.1 Å². The van der Waals surface area contributed by atoms with Crippen molar-refractivity contribution in [1.82, 2.24) is 0 Å². The zero-order chi connectivity index (χ0) is 12.6. The first-order valence-corrected chi connectivity index (χ1v) is 5.72. The summed E-state index contributed by atoms with van der Waals surface area (Å²) in [4.78, 5) is 0. The van der Waals surface area contributed by atoms with Crippen molar-refractivity contribution in [2.75, 3.05) is 0 Å². The largest absolute Gasteiger partial charge is 0.386 e. The minimum atomic E-state index is -0.732. The minimum Gasteiger partial charge on any atom is -0.386 e. The number of aliphatic hydroxyl groups is 1. The molecule has 0 aromatic heterocycles. The normalized spacial score (nSPS) is 15.9. The number of hydrogen-bond acceptors (Lipinski definition) is 1. The summed E-state index contributed by atoms with van der Waals surface area (Å²) in [7, 11) is 0. The van der Waals surface area contributed by atoms with Crippen molar-refractivity contribution in [2.45, 2.75) is 46.1 Å². The van der Waals surface area contributed by atoms with Gasteiger partial charge >= 0.3 is 0 Å². The van der Waals surface area contributed by atoms with E-state index >= 15 is 0 Å². The van der Waals surface area contributed by atoms with Crippen molar-refractivity contribution in [3.63, 3.8) is 0 Å². The Morgan fingerprint density at radius 1 is 1.31 bits per heavy atom. The Hall–Kier alpha value is -1.08. The fourth-order valence-corrected chi connectivity index (χ4v) is 1.21. The average molecular weight is 220 g/mol. The quantitative estimate of drug-likeness (QED) is 0.526. The van der Waals surface area contributed by atoms with Gasteiger partial charge in [-0.3, -0.25) is 0 Å². The topological polar surface area (TPSA) is 20.2 Å². The molecule has 0 aromatic carbocycles. The maximum absolute atomic E-state index is 10.0. The zero-order valence-electron chi connectivity index (χ0n) is 11.0. The molecule has 0 saturated heterocycles. The second-order valence-electron chi connectivity index (χ2n) is 4.65. The van der Waals surface area contributed by atoms with Gasteiger partial charge in [0.15, 0.2) is 0 Å². The summed E-state index contributed by atoms with van der Waals surface area (Å²) in [5.41, 5.74) is 1.66. The van der Waals surface area contributed by atoms with Gasteiger partial charge in [0.05, 0.1) is 5.60 Å². The smallest absolute Gasteiger partial charge is 0.0805 e. The van der Waals surface area contributed by atoms with Crippen LogP contribution in [-0.2, 0) is 0 Å². The second-order valence-corrected chi connectivity index (χ2v) is 4.65. The molecule has 0 aliphatic carbocycles. The van der Waals surface area contributed by atoms with Crippen molar-refractivity contribution in [1.29, 1.82) is 0 Å². The van der Waals surface area contributed by atoms with Crippen LogP contribution in [0.25, 0.3) is 0 Å². The van der Waals surface area contributed by atoms with Gasteiger partial charge in [0.1, 0.15) is 0 Å². The van der Waals surface area contributed by atoms with E-state index in [1.54, 1.807) is 6.08 Å². The lowest BCUT2D eigenvalue weighted by atomic mass is 9.98. The van der Waals surface area contributed by atoms with Crippen LogP contribution >= 0.6 is 0 Å². The van der Waals surface area contributed by atoms with E-state index < -0.39 is 5.60 Å². The highest BCUT2D eigenvalue weighted by atomic mass is 16.3. The fourth-order valence-electron chi connectivity index (χ4n) is 1.21. The Morgan fingerprint density at radius 2 is 1.94 bits per heavy atom.